The number of hydrogen-bond donors (Lipinski definition) is 2. The number of halogens is 1. The van der Waals surface area contributed by atoms with Crippen LogP contribution in [0.4, 0.5) is 0 Å². The molecule has 0 aromatic heterocycles. The average molecular weight is 263 g/mol. The molecular weight excluding hydrogens is 257 g/mol. The van der Waals surface area contributed by atoms with Crippen LogP contribution >= 0.6 is 22.6 Å². The highest BCUT2D eigenvalue weighted by Gasteiger charge is 1.97. The highest BCUT2D eigenvalue weighted by Crippen LogP contribution is 2.17. The maximum absolute atomic E-state index is 9.16. The van der Waals surface area contributed by atoms with Gasteiger partial charge in [0.2, 0.25) is 0 Å². The topological polar surface area (TPSA) is 52.8 Å². The van der Waals surface area contributed by atoms with Gasteiger partial charge in [0.25, 0.3) is 0 Å². The van der Waals surface area contributed by atoms with Crippen molar-refractivity contribution in [2.45, 2.75) is 0 Å². The third-order valence-corrected chi connectivity index (χ3v) is 1.86. The fourth-order valence-corrected chi connectivity index (χ4v) is 1.21. The van der Waals surface area contributed by atoms with Crippen LogP contribution in [0.15, 0.2) is 23.4 Å². The lowest BCUT2D eigenvalue weighted by atomic mass is 10.2. The lowest BCUT2D eigenvalue weighted by Gasteiger charge is -1.96. The summed E-state index contributed by atoms with van der Waals surface area (Å²) in [5.74, 6) is 0.114. The Balaban J connectivity index is 3.12. The molecule has 0 aliphatic heterocycles. The van der Waals surface area contributed by atoms with Gasteiger partial charge in [-0.1, -0.05) is 5.16 Å². The first kappa shape index (κ1) is 8.32. The number of nitrogens with zero attached hydrogens (tertiary/aromatic N) is 1. The SMILES string of the molecule is O/N=C\c1cc(I)ccc1O. The van der Waals surface area contributed by atoms with Gasteiger partial charge in [0, 0.05) is 9.13 Å². The Labute approximate surface area is 77.5 Å². The van der Waals surface area contributed by atoms with Gasteiger partial charge in [-0.05, 0) is 40.8 Å². The smallest absolute Gasteiger partial charge is 0.124 e. The lowest BCUT2D eigenvalue weighted by molar-refractivity contribution is 0.321. The van der Waals surface area contributed by atoms with Crippen LogP contribution in [-0.2, 0) is 0 Å². The van der Waals surface area contributed by atoms with Gasteiger partial charge in [0.1, 0.15) is 5.75 Å². The standard InChI is InChI=1S/C7H6INO2/c8-6-1-2-7(10)5(3-6)4-9-11/h1-4,10-11H/b9-4-. The molecule has 0 aliphatic carbocycles. The van der Waals surface area contributed by atoms with Crippen LogP contribution in [0.1, 0.15) is 5.56 Å². The fraction of sp³-hybridized carbons (Fsp3) is 0. The fourth-order valence-electron chi connectivity index (χ4n) is 0.691. The summed E-state index contributed by atoms with van der Waals surface area (Å²) in [5.41, 5.74) is 0.513. The molecule has 0 radical (unpaired) electrons. The van der Waals surface area contributed by atoms with Crippen LogP contribution in [0.2, 0.25) is 0 Å². The molecule has 1 aromatic rings. The molecule has 3 nitrogen and oxygen atoms in total. The van der Waals surface area contributed by atoms with Crippen molar-refractivity contribution in [3.8, 4) is 5.75 Å². The van der Waals surface area contributed by atoms with E-state index in [2.05, 4.69) is 27.7 Å². The minimum Gasteiger partial charge on any atom is -0.507 e. The highest BCUT2D eigenvalue weighted by atomic mass is 127. The zero-order chi connectivity index (χ0) is 8.27. The van der Waals surface area contributed by atoms with Gasteiger partial charge >= 0.3 is 0 Å². The van der Waals surface area contributed by atoms with E-state index in [0.29, 0.717) is 5.56 Å². The van der Waals surface area contributed by atoms with Gasteiger partial charge in [0.15, 0.2) is 0 Å². The Morgan fingerprint density at radius 1 is 1.45 bits per heavy atom. The van der Waals surface area contributed by atoms with E-state index in [-0.39, 0.29) is 5.75 Å². The summed E-state index contributed by atoms with van der Waals surface area (Å²) in [4.78, 5) is 0. The van der Waals surface area contributed by atoms with E-state index in [1.165, 1.54) is 6.21 Å². The second-order valence-corrected chi connectivity index (χ2v) is 3.19. The molecule has 0 aliphatic rings. The summed E-state index contributed by atoms with van der Waals surface area (Å²) < 4.78 is 0.982. The van der Waals surface area contributed by atoms with E-state index in [1.807, 2.05) is 0 Å². The van der Waals surface area contributed by atoms with E-state index >= 15 is 0 Å². The Kier molecular flexibility index (Phi) is 2.70. The van der Waals surface area contributed by atoms with Crippen molar-refractivity contribution in [2.24, 2.45) is 5.16 Å². The number of rotatable bonds is 1. The van der Waals surface area contributed by atoms with Crippen molar-refractivity contribution in [3.05, 3.63) is 27.3 Å². The van der Waals surface area contributed by atoms with E-state index in [4.69, 9.17) is 10.3 Å². The molecule has 0 bridgehead atoms. The molecule has 1 aromatic carbocycles. The molecule has 4 heteroatoms. The van der Waals surface area contributed by atoms with Crippen LogP contribution in [0.3, 0.4) is 0 Å². The summed E-state index contributed by atoms with van der Waals surface area (Å²) in [5, 5.41) is 20.2. The minimum atomic E-state index is 0.114. The van der Waals surface area contributed by atoms with Crippen molar-refractivity contribution < 1.29 is 10.3 Å². The van der Waals surface area contributed by atoms with Gasteiger partial charge in [-0.2, -0.15) is 0 Å². The quantitative estimate of drug-likeness (QED) is 0.351. The number of aromatic hydroxyl groups is 1. The van der Waals surface area contributed by atoms with E-state index in [1.54, 1.807) is 18.2 Å². The van der Waals surface area contributed by atoms with Gasteiger partial charge in [-0.25, -0.2) is 0 Å². The third-order valence-electron chi connectivity index (χ3n) is 1.19. The third kappa shape index (κ3) is 2.07. The zero-order valence-electron chi connectivity index (χ0n) is 5.53. The van der Waals surface area contributed by atoms with Crippen molar-refractivity contribution >= 4 is 28.8 Å². The first-order chi connectivity index (χ1) is 5.24. The number of hydrogen-bond acceptors (Lipinski definition) is 3. The summed E-state index contributed by atoms with van der Waals surface area (Å²) in [6.07, 6.45) is 1.19. The predicted molar refractivity (Wildman–Crippen MR) is 50.2 cm³/mol. The molecule has 0 spiro atoms. The Morgan fingerprint density at radius 3 is 2.82 bits per heavy atom. The Hall–Kier alpha value is -0.780. The predicted octanol–water partition coefficient (Wildman–Crippen LogP) is 1.80. The molecule has 0 fully saturated rings. The molecule has 0 saturated carbocycles. The van der Waals surface area contributed by atoms with Crippen LogP contribution < -0.4 is 0 Å². The summed E-state index contributed by atoms with van der Waals surface area (Å²) in [7, 11) is 0. The van der Waals surface area contributed by atoms with Gasteiger partial charge in [-0.15, -0.1) is 0 Å². The second kappa shape index (κ2) is 3.56. The van der Waals surface area contributed by atoms with Gasteiger partial charge in [-0.3, -0.25) is 0 Å². The Morgan fingerprint density at radius 2 is 2.18 bits per heavy atom. The van der Waals surface area contributed by atoms with Crippen LogP contribution in [0, 0.1) is 3.57 Å². The molecule has 0 atom stereocenters. The minimum absolute atomic E-state index is 0.114. The molecule has 0 saturated heterocycles. The summed E-state index contributed by atoms with van der Waals surface area (Å²) in [6.45, 7) is 0. The molecule has 58 valence electrons. The van der Waals surface area contributed by atoms with Crippen LogP contribution in [-0.4, -0.2) is 16.5 Å². The molecule has 0 amide bonds. The van der Waals surface area contributed by atoms with Gasteiger partial charge in [0.05, 0.1) is 6.21 Å². The summed E-state index contributed by atoms with van der Waals surface area (Å²) in [6, 6.07) is 5.04. The lowest BCUT2D eigenvalue weighted by Crippen LogP contribution is -1.83. The van der Waals surface area contributed by atoms with Crippen LogP contribution in [0.25, 0.3) is 0 Å². The molecule has 1 rings (SSSR count). The molecule has 0 unspecified atom stereocenters. The molecule has 0 heterocycles. The molecule has 2 N–H and O–H groups in total. The van der Waals surface area contributed by atoms with Gasteiger partial charge < -0.3 is 10.3 Å². The number of phenolic OH excluding ortho intramolecular Hbond substituents is 1. The highest BCUT2D eigenvalue weighted by molar-refractivity contribution is 14.1. The monoisotopic (exact) mass is 263 g/mol. The van der Waals surface area contributed by atoms with Crippen molar-refractivity contribution in [1.29, 1.82) is 0 Å². The maximum Gasteiger partial charge on any atom is 0.124 e. The molecule has 11 heavy (non-hydrogen) atoms. The first-order valence-corrected chi connectivity index (χ1v) is 3.98. The van der Waals surface area contributed by atoms with Crippen molar-refractivity contribution in [3.63, 3.8) is 0 Å². The van der Waals surface area contributed by atoms with Crippen LogP contribution in [0.5, 0.6) is 5.75 Å². The summed E-state index contributed by atoms with van der Waals surface area (Å²) >= 11 is 2.11. The largest absolute Gasteiger partial charge is 0.507 e. The first-order valence-electron chi connectivity index (χ1n) is 2.90. The number of phenols is 1. The van der Waals surface area contributed by atoms with E-state index < -0.39 is 0 Å². The molecular formula is C7H6INO2. The van der Waals surface area contributed by atoms with Crippen molar-refractivity contribution in [1.82, 2.24) is 0 Å². The number of benzene rings is 1. The zero-order valence-corrected chi connectivity index (χ0v) is 7.69. The normalized spacial score (nSPS) is 10.6. The maximum atomic E-state index is 9.16. The number of oxime groups is 1. The van der Waals surface area contributed by atoms with Crippen molar-refractivity contribution in [2.75, 3.05) is 0 Å². The van der Waals surface area contributed by atoms with E-state index in [9.17, 15) is 0 Å². The average Bonchev–Trinajstić information content (AvgIpc) is 1.98. The van der Waals surface area contributed by atoms with E-state index in [0.717, 1.165) is 3.57 Å². The Bertz CT molecular complexity index is 286. The second-order valence-electron chi connectivity index (χ2n) is 1.95.